The van der Waals surface area contributed by atoms with E-state index >= 15 is 0 Å². The number of sulfonamides is 1. The fourth-order valence-corrected chi connectivity index (χ4v) is 3.38. The molecule has 0 aliphatic rings. The Hall–Kier alpha value is -1.89. The quantitative estimate of drug-likeness (QED) is 0.823. The molecule has 0 spiro atoms. The zero-order valence-electron chi connectivity index (χ0n) is 13.6. The number of ether oxygens (including phenoxy) is 1. The first-order valence-corrected chi connectivity index (χ1v) is 9.07. The minimum atomic E-state index is -3.75. The number of halogens is 1. The van der Waals surface area contributed by atoms with Gasteiger partial charge in [0.2, 0.25) is 10.0 Å². The molecule has 0 heterocycles. The topological polar surface area (TPSA) is 72.5 Å². The molecule has 0 aromatic heterocycles. The van der Waals surface area contributed by atoms with Gasteiger partial charge < -0.3 is 4.74 Å². The van der Waals surface area contributed by atoms with Crippen molar-refractivity contribution in [2.45, 2.75) is 25.3 Å². The van der Waals surface area contributed by atoms with E-state index in [1.54, 1.807) is 0 Å². The highest BCUT2D eigenvalue weighted by molar-refractivity contribution is 7.89. The van der Waals surface area contributed by atoms with E-state index < -0.39 is 16.0 Å². The maximum Gasteiger partial charge on any atom is 0.338 e. The van der Waals surface area contributed by atoms with Gasteiger partial charge in [-0.1, -0.05) is 35.4 Å². The summed E-state index contributed by atoms with van der Waals surface area (Å²) < 4.78 is 31.3. The van der Waals surface area contributed by atoms with E-state index in [-0.39, 0.29) is 22.1 Å². The van der Waals surface area contributed by atoms with E-state index in [4.69, 9.17) is 16.3 Å². The maximum absolute atomic E-state index is 12.2. The summed E-state index contributed by atoms with van der Waals surface area (Å²) in [4.78, 5) is 12.1. The number of hydrogen-bond acceptors (Lipinski definition) is 4. The molecule has 1 N–H and O–H groups in total. The van der Waals surface area contributed by atoms with E-state index in [1.165, 1.54) is 25.2 Å². The second-order valence-electron chi connectivity index (χ2n) is 5.36. The van der Waals surface area contributed by atoms with Gasteiger partial charge >= 0.3 is 5.97 Å². The molecule has 0 amide bonds. The summed E-state index contributed by atoms with van der Waals surface area (Å²) in [5, 5.41) is 0.0374. The van der Waals surface area contributed by atoms with Crippen LogP contribution in [0, 0.1) is 13.8 Å². The number of rotatable bonds is 5. The third kappa shape index (κ3) is 4.14. The van der Waals surface area contributed by atoms with Gasteiger partial charge in [0.15, 0.2) is 0 Å². The lowest BCUT2D eigenvalue weighted by atomic mass is 10.1. The minimum absolute atomic E-state index is 0.0374. The molecule has 24 heavy (non-hydrogen) atoms. The number of aryl methyl sites for hydroxylation is 2. The van der Waals surface area contributed by atoms with Crippen molar-refractivity contribution in [1.29, 1.82) is 0 Å². The zero-order chi connectivity index (χ0) is 17.9. The van der Waals surface area contributed by atoms with Crippen molar-refractivity contribution in [3.05, 3.63) is 63.7 Å². The van der Waals surface area contributed by atoms with Crippen LogP contribution >= 0.6 is 11.6 Å². The maximum atomic E-state index is 12.2. The first-order valence-electron chi connectivity index (χ1n) is 7.21. The standard InChI is InChI=1S/C17H18ClNO4S/c1-11-4-5-12(2)14(8-11)10-23-17(20)13-6-7-15(18)16(9-13)24(21,22)19-3/h4-9,19H,10H2,1-3H3. The lowest BCUT2D eigenvalue weighted by Gasteiger charge is -2.10. The molecular formula is C17H18ClNO4S. The Labute approximate surface area is 146 Å². The van der Waals surface area contributed by atoms with E-state index in [0.29, 0.717) is 0 Å². The summed E-state index contributed by atoms with van der Waals surface area (Å²) in [7, 11) is -2.48. The molecule has 0 bridgehead atoms. The molecule has 0 aliphatic carbocycles. The molecule has 2 aromatic carbocycles. The highest BCUT2D eigenvalue weighted by Gasteiger charge is 2.19. The van der Waals surface area contributed by atoms with Crippen LogP contribution in [-0.4, -0.2) is 21.4 Å². The van der Waals surface area contributed by atoms with Crippen LogP contribution in [0.15, 0.2) is 41.3 Å². The second-order valence-corrected chi connectivity index (χ2v) is 7.62. The van der Waals surface area contributed by atoms with Crippen LogP contribution in [0.2, 0.25) is 5.02 Å². The van der Waals surface area contributed by atoms with Crippen molar-refractivity contribution in [1.82, 2.24) is 4.72 Å². The van der Waals surface area contributed by atoms with E-state index in [2.05, 4.69) is 4.72 Å². The fraction of sp³-hybridized carbons (Fsp3) is 0.235. The van der Waals surface area contributed by atoms with Crippen molar-refractivity contribution >= 4 is 27.6 Å². The van der Waals surface area contributed by atoms with Crippen LogP contribution in [0.3, 0.4) is 0 Å². The van der Waals surface area contributed by atoms with Crippen LogP contribution in [0.5, 0.6) is 0 Å². The van der Waals surface area contributed by atoms with Crippen molar-refractivity contribution in [2.75, 3.05) is 7.05 Å². The first kappa shape index (κ1) is 18.4. The monoisotopic (exact) mass is 367 g/mol. The zero-order valence-corrected chi connectivity index (χ0v) is 15.2. The van der Waals surface area contributed by atoms with Crippen LogP contribution in [0.1, 0.15) is 27.0 Å². The van der Waals surface area contributed by atoms with Gasteiger partial charge in [0.05, 0.1) is 10.6 Å². The molecule has 0 aliphatic heterocycles. The number of carbonyl (C=O) groups excluding carboxylic acids is 1. The van der Waals surface area contributed by atoms with Gasteiger partial charge in [0.25, 0.3) is 0 Å². The Bertz CT molecular complexity index is 878. The lowest BCUT2D eigenvalue weighted by Crippen LogP contribution is -2.19. The second kappa shape index (κ2) is 7.34. The van der Waals surface area contributed by atoms with Crippen molar-refractivity contribution in [3.63, 3.8) is 0 Å². The predicted octanol–water partition coefficient (Wildman–Crippen LogP) is 3.22. The summed E-state index contributed by atoms with van der Waals surface area (Å²) in [5.41, 5.74) is 3.11. The Morgan fingerprint density at radius 2 is 1.88 bits per heavy atom. The molecule has 0 saturated heterocycles. The Morgan fingerprint density at radius 3 is 2.54 bits per heavy atom. The summed E-state index contributed by atoms with van der Waals surface area (Å²) in [5.74, 6) is -0.611. The minimum Gasteiger partial charge on any atom is -0.457 e. The van der Waals surface area contributed by atoms with Crippen LogP contribution in [-0.2, 0) is 21.4 Å². The van der Waals surface area contributed by atoms with Gasteiger partial charge in [-0.15, -0.1) is 0 Å². The predicted molar refractivity (Wildman–Crippen MR) is 92.7 cm³/mol. The third-order valence-electron chi connectivity index (χ3n) is 3.59. The molecule has 0 atom stereocenters. The van der Waals surface area contributed by atoms with Gasteiger partial charge in [-0.2, -0.15) is 0 Å². The van der Waals surface area contributed by atoms with Crippen molar-refractivity contribution in [3.8, 4) is 0 Å². The highest BCUT2D eigenvalue weighted by Crippen LogP contribution is 2.23. The molecule has 2 rings (SSSR count). The largest absolute Gasteiger partial charge is 0.457 e. The van der Waals surface area contributed by atoms with Gasteiger partial charge in [0.1, 0.15) is 11.5 Å². The smallest absolute Gasteiger partial charge is 0.338 e. The molecule has 0 radical (unpaired) electrons. The average Bonchev–Trinajstić information content (AvgIpc) is 2.55. The molecule has 2 aromatic rings. The Balaban J connectivity index is 2.22. The SMILES string of the molecule is CNS(=O)(=O)c1cc(C(=O)OCc2cc(C)ccc2C)ccc1Cl. The third-order valence-corrected chi connectivity index (χ3v) is 5.48. The van der Waals surface area contributed by atoms with E-state index in [9.17, 15) is 13.2 Å². The molecule has 7 heteroatoms. The number of hydrogen-bond donors (Lipinski definition) is 1. The van der Waals surface area contributed by atoms with Gasteiger partial charge in [0, 0.05) is 0 Å². The van der Waals surface area contributed by atoms with Crippen molar-refractivity contribution in [2.24, 2.45) is 0 Å². The molecular weight excluding hydrogens is 350 g/mol. The molecule has 0 fully saturated rings. The molecule has 128 valence electrons. The molecule has 0 unspecified atom stereocenters. The number of esters is 1. The van der Waals surface area contributed by atoms with Gasteiger partial charge in [-0.05, 0) is 50.2 Å². The number of benzene rings is 2. The van der Waals surface area contributed by atoms with E-state index in [1.807, 2.05) is 32.0 Å². The number of carbonyl (C=O) groups is 1. The number of nitrogens with one attached hydrogen (secondary N) is 1. The van der Waals surface area contributed by atoms with Crippen LogP contribution in [0.4, 0.5) is 0 Å². The van der Waals surface area contributed by atoms with Crippen LogP contribution < -0.4 is 4.72 Å². The summed E-state index contributed by atoms with van der Waals surface area (Å²) in [6.45, 7) is 4.00. The van der Waals surface area contributed by atoms with Crippen molar-refractivity contribution < 1.29 is 17.9 Å². The fourth-order valence-electron chi connectivity index (χ4n) is 2.13. The summed E-state index contributed by atoms with van der Waals surface area (Å²) in [6, 6.07) is 9.89. The first-order chi connectivity index (χ1) is 11.2. The van der Waals surface area contributed by atoms with Crippen LogP contribution in [0.25, 0.3) is 0 Å². The normalized spacial score (nSPS) is 11.3. The lowest BCUT2D eigenvalue weighted by molar-refractivity contribution is 0.0472. The average molecular weight is 368 g/mol. The Kier molecular flexibility index (Phi) is 5.64. The van der Waals surface area contributed by atoms with E-state index in [0.717, 1.165) is 16.7 Å². The Morgan fingerprint density at radius 1 is 1.17 bits per heavy atom. The highest BCUT2D eigenvalue weighted by atomic mass is 35.5. The molecule has 0 saturated carbocycles. The summed E-state index contributed by atoms with van der Waals surface area (Å²) >= 11 is 5.90. The molecule has 5 nitrogen and oxygen atoms in total. The summed E-state index contributed by atoms with van der Waals surface area (Å²) in [6.07, 6.45) is 0. The van der Waals surface area contributed by atoms with Gasteiger partial charge in [-0.3, -0.25) is 0 Å². The van der Waals surface area contributed by atoms with Gasteiger partial charge in [-0.25, -0.2) is 17.9 Å².